The first-order valence-corrected chi connectivity index (χ1v) is 8.53. The van der Waals surface area contributed by atoms with E-state index in [9.17, 15) is 9.18 Å². The molecular formula is C21H20FN3O2. The van der Waals surface area contributed by atoms with E-state index in [1.54, 1.807) is 36.4 Å². The van der Waals surface area contributed by atoms with Crippen LogP contribution in [0.25, 0.3) is 0 Å². The largest absolute Gasteiger partial charge is 0.489 e. The molecule has 0 spiro atoms. The third-order valence-electron chi connectivity index (χ3n) is 3.79. The molecular weight excluding hydrogens is 345 g/mol. The fourth-order valence-electron chi connectivity index (χ4n) is 2.46. The number of amides is 2. The Morgan fingerprint density at radius 1 is 1.07 bits per heavy atom. The van der Waals surface area contributed by atoms with E-state index in [1.165, 1.54) is 12.1 Å². The van der Waals surface area contributed by atoms with Crippen LogP contribution in [-0.2, 0) is 13.2 Å². The van der Waals surface area contributed by atoms with E-state index in [-0.39, 0.29) is 11.8 Å². The molecule has 0 aliphatic heterocycles. The van der Waals surface area contributed by atoms with E-state index in [0.29, 0.717) is 24.6 Å². The van der Waals surface area contributed by atoms with Crippen LogP contribution in [0.4, 0.5) is 14.9 Å². The average molecular weight is 365 g/mol. The van der Waals surface area contributed by atoms with Crippen LogP contribution in [-0.4, -0.2) is 11.0 Å². The number of halogens is 1. The first-order valence-electron chi connectivity index (χ1n) is 8.53. The number of ether oxygens (including phenoxy) is 1. The molecule has 0 bridgehead atoms. The minimum Gasteiger partial charge on any atom is -0.489 e. The highest BCUT2D eigenvalue weighted by molar-refractivity contribution is 5.89. The number of aromatic nitrogens is 1. The molecule has 2 aromatic carbocycles. The number of rotatable bonds is 6. The highest BCUT2D eigenvalue weighted by Gasteiger charge is 2.04. The molecule has 3 rings (SSSR count). The summed E-state index contributed by atoms with van der Waals surface area (Å²) in [5.41, 5.74) is 3.17. The van der Waals surface area contributed by atoms with E-state index in [0.717, 1.165) is 17.0 Å². The van der Waals surface area contributed by atoms with Crippen molar-refractivity contribution in [3.8, 4) is 5.75 Å². The summed E-state index contributed by atoms with van der Waals surface area (Å²) in [7, 11) is 0. The fourth-order valence-corrected chi connectivity index (χ4v) is 2.46. The van der Waals surface area contributed by atoms with E-state index >= 15 is 0 Å². The molecule has 0 fully saturated rings. The first-order chi connectivity index (χ1) is 13.1. The van der Waals surface area contributed by atoms with Gasteiger partial charge in [-0.25, -0.2) is 9.18 Å². The molecule has 0 aliphatic carbocycles. The normalized spacial score (nSPS) is 10.3. The molecule has 2 N–H and O–H groups in total. The van der Waals surface area contributed by atoms with Crippen LogP contribution in [0.15, 0.2) is 66.7 Å². The second-order valence-corrected chi connectivity index (χ2v) is 6.02. The van der Waals surface area contributed by atoms with Gasteiger partial charge >= 0.3 is 6.03 Å². The number of nitrogens with zero attached hydrogens (tertiary/aromatic N) is 1. The number of anilines is 1. The molecule has 0 unspecified atom stereocenters. The third-order valence-corrected chi connectivity index (χ3v) is 3.79. The summed E-state index contributed by atoms with van der Waals surface area (Å²) < 4.78 is 18.6. The predicted molar refractivity (Wildman–Crippen MR) is 102 cm³/mol. The van der Waals surface area contributed by atoms with E-state index in [2.05, 4.69) is 15.6 Å². The van der Waals surface area contributed by atoms with Gasteiger partial charge in [-0.2, -0.15) is 0 Å². The molecule has 1 heterocycles. The molecule has 0 saturated heterocycles. The van der Waals surface area contributed by atoms with Crippen molar-refractivity contribution in [2.75, 3.05) is 5.32 Å². The van der Waals surface area contributed by atoms with Gasteiger partial charge in [-0.3, -0.25) is 4.98 Å². The lowest BCUT2D eigenvalue weighted by Gasteiger charge is -2.10. The Morgan fingerprint density at radius 3 is 2.63 bits per heavy atom. The van der Waals surface area contributed by atoms with Gasteiger partial charge in [-0.15, -0.1) is 0 Å². The van der Waals surface area contributed by atoms with E-state index in [1.807, 2.05) is 25.1 Å². The van der Waals surface area contributed by atoms with Crippen LogP contribution >= 0.6 is 0 Å². The molecule has 0 aliphatic rings. The summed E-state index contributed by atoms with van der Waals surface area (Å²) in [6.45, 7) is 2.56. The average Bonchev–Trinajstić information content (AvgIpc) is 2.66. The highest BCUT2D eigenvalue weighted by Crippen LogP contribution is 2.18. The predicted octanol–water partition coefficient (Wildman–Crippen LogP) is 4.43. The lowest BCUT2D eigenvalue weighted by Crippen LogP contribution is -2.28. The van der Waals surface area contributed by atoms with Crippen LogP contribution in [0.1, 0.15) is 17.0 Å². The number of hydrogen-bond acceptors (Lipinski definition) is 3. The number of nitrogens with one attached hydrogen (secondary N) is 2. The lowest BCUT2D eigenvalue weighted by molar-refractivity contribution is 0.251. The molecule has 3 aromatic rings. The summed E-state index contributed by atoms with van der Waals surface area (Å²) >= 11 is 0. The fraction of sp³-hybridized carbons (Fsp3) is 0.143. The molecule has 6 heteroatoms. The van der Waals surface area contributed by atoms with Gasteiger partial charge in [-0.05, 0) is 48.9 Å². The number of pyridine rings is 1. The minimum atomic E-state index is -0.325. The molecule has 0 atom stereocenters. The topological polar surface area (TPSA) is 63.2 Å². The lowest BCUT2D eigenvalue weighted by atomic mass is 10.2. The second-order valence-electron chi connectivity index (χ2n) is 6.02. The van der Waals surface area contributed by atoms with Crippen LogP contribution in [0.5, 0.6) is 5.75 Å². The molecule has 27 heavy (non-hydrogen) atoms. The second kappa shape index (κ2) is 8.80. The van der Waals surface area contributed by atoms with Crippen LogP contribution < -0.4 is 15.4 Å². The summed E-state index contributed by atoms with van der Waals surface area (Å²) in [5.74, 6) is 0.328. The Hall–Kier alpha value is -3.41. The van der Waals surface area contributed by atoms with Crippen molar-refractivity contribution in [3.63, 3.8) is 0 Å². The van der Waals surface area contributed by atoms with Crippen molar-refractivity contribution in [2.24, 2.45) is 0 Å². The van der Waals surface area contributed by atoms with Gasteiger partial charge in [0, 0.05) is 17.4 Å². The Balaban J connectivity index is 1.52. The van der Waals surface area contributed by atoms with Crippen molar-refractivity contribution >= 4 is 11.7 Å². The van der Waals surface area contributed by atoms with Gasteiger partial charge in [0.2, 0.25) is 0 Å². The van der Waals surface area contributed by atoms with Gasteiger partial charge in [-0.1, -0.05) is 24.3 Å². The van der Waals surface area contributed by atoms with Crippen LogP contribution in [0.3, 0.4) is 0 Å². The third kappa shape index (κ3) is 5.81. The van der Waals surface area contributed by atoms with Crippen molar-refractivity contribution in [1.82, 2.24) is 10.3 Å². The molecule has 2 amide bonds. The summed E-state index contributed by atoms with van der Waals surface area (Å²) in [5, 5.41) is 5.53. The standard InChI is InChI=1S/C21H20FN3O2/c1-15-4-2-6-19(24-15)13-23-21(26)25-18-5-3-7-20(12-18)27-14-16-8-10-17(22)11-9-16/h2-12H,13-14H2,1H3,(H2,23,25,26). The number of carbonyl (C=O) groups excluding carboxylic acids is 1. The maximum atomic E-state index is 12.9. The first kappa shape index (κ1) is 18.4. The maximum Gasteiger partial charge on any atom is 0.319 e. The van der Waals surface area contributed by atoms with Crippen molar-refractivity contribution < 1.29 is 13.9 Å². The summed E-state index contributed by atoms with van der Waals surface area (Å²) in [6.07, 6.45) is 0. The van der Waals surface area contributed by atoms with Crippen LogP contribution in [0.2, 0.25) is 0 Å². The van der Waals surface area contributed by atoms with Gasteiger partial charge < -0.3 is 15.4 Å². The van der Waals surface area contributed by atoms with Crippen molar-refractivity contribution in [1.29, 1.82) is 0 Å². The SMILES string of the molecule is Cc1cccc(CNC(=O)Nc2cccc(OCc3ccc(F)cc3)c2)n1. The van der Waals surface area contributed by atoms with Crippen molar-refractivity contribution in [2.45, 2.75) is 20.1 Å². The Kier molecular flexibility index (Phi) is 5.99. The Bertz CT molecular complexity index is 913. The monoisotopic (exact) mass is 365 g/mol. The van der Waals surface area contributed by atoms with Crippen molar-refractivity contribution in [3.05, 3.63) is 89.5 Å². The summed E-state index contributed by atoms with van der Waals surface area (Å²) in [4.78, 5) is 16.4. The molecule has 5 nitrogen and oxygen atoms in total. The molecule has 1 aromatic heterocycles. The smallest absolute Gasteiger partial charge is 0.319 e. The number of aryl methyl sites for hydroxylation is 1. The highest BCUT2D eigenvalue weighted by atomic mass is 19.1. The van der Waals surface area contributed by atoms with Gasteiger partial charge in [0.25, 0.3) is 0 Å². The molecule has 0 radical (unpaired) electrons. The van der Waals surface area contributed by atoms with Gasteiger partial charge in [0.1, 0.15) is 18.2 Å². The number of urea groups is 1. The Morgan fingerprint density at radius 2 is 1.85 bits per heavy atom. The van der Waals surface area contributed by atoms with Gasteiger partial charge in [0.15, 0.2) is 0 Å². The van der Waals surface area contributed by atoms with Gasteiger partial charge in [0.05, 0.1) is 12.2 Å². The molecule has 138 valence electrons. The zero-order valence-corrected chi connectivity index (χ0v) is 14.9. The zero-order valence-electron chi connectivity index (χ0n) is 14.9. The zero-order chi connectivity index (χ0) is 19.1. The van der Waals surface area contributed by atoms with Crippen LogP contribution in [0, 0.1) is 12.7 Å². The summed E-state index contributed by atoms with van der Waals surface area (Å²) in [6, 6.07) is 18.6. The molecule has 0 saturated carbocycles. The number of carbonyl (C=O) groups is 1. The quantitative estimate of drug-likeness (QED) is 0.679. The van der Waals surface area contributed by atoms with E-state index < -0.39 is 0 Å². The maximum absolute atomic E-state index is 12.9. The minimum absolute atomic E-state index is 0.281. The Labute approximate surface area is 157 Å². The number of benzene rings is 2. The number of hydrogen-bond donors (Lipinski definition) is 2. The van der Waals surface area contributed by atoms with E-state index in [4.69, 9.17) is 4.74 Å².